The molecule has 0 aliphatic carbocycles. The molecule has 0 fully saturated rings. The average molecular weight is 432 g/mol. The van der Waals surface area contributed by atoms with Crippen LogP contribution in [0, 0.1) is 33.5 Å². The summed E-state index contributed by atoms with van der Waals surface area (Å²) >= 11 is 0. The van der Waals surface area contributed by atoms with Crippen LogP contribution in [0.3, 0.4) is 0 Å². The number of anilines is 1. The number of halogens is 1. The molecule has 0 aliphatic heterocycles. The third kappa shape index (κ3) is 4.61. The fourth-order valence-corrected chi connectivity index (χ4v) is 3.75. The number of hydrogen-bond donors (Lipinski definition) is 1. The van der Waals surface area contributed by atoms with Crippen LogP contribution in [0.15, 0.2) is 54.6 Å². The first-order valence-corrected chi connectivity index (χ1v) is 10.5. The van der Waals surface area contributed by atoms with E-state index in [9.17, 15) is 9.18 Å². The van der Waals surface area contributed by atoms with Crippen LogP contribution in [0.25, 0.3) is 0 Å². The first kappa shape index (κ1) is 21.5. The van der Waals surface area contributed by atoms with Crippen molar-refractivity contribution in [3.8, 4) is 0 Å². The van der Waals surface area contributed by atoms with Crippen molar-refractivity contribution in [3.63, 3.8) is 0 Å². The summed E-state index contributed by atoms with van der Waals surface area (Å²) in [6.07, 6.45) is 0. The van der Waals surface area contributed by atoms with Crippen LogP contribution >= 0.6 is 0 Å². The number of aryl methyl sites for hydroxylation is 3. The number of benzene rings is 2. The highest BCUT2D eigenvalue weighted by molar-refractivity contribution is 6.04. The molecule has 0 atom stereocenters. The van der Waals surface area contributed by atoms with E-state index < -0.39 is 0 Å². The van der Waals surface area contributed by atoms with Crippen molar-refractivity contribution in [2.75, 3.05) is 5.32 Å². The summed E-state index contributed by atoms with van der Waals surface area (Å²) in [4.78, 5) is 12.8. The van der Waals surface area contributed by atoms with Gasteiger partial charge in [0, 0.05) is 11.3 Å². The van der Waals surface area contributed by atoms with Crippen molar-refractivity contribution in [3.05, 3.63) is 99.9 Å². The maximum absolute atomic E-state index is 13.2. The highest BCUT2D eigenvalue weighted by Crippen LogP contribution is 2.22. The van der Waals surface area contributed by atoms with Crippen LogP contribution in [0.4, 0.5) is 10.1 Å². The van der Waals surface area contributed by atoms with E-state index in [2.05, 4.69) is 15.5 Å². The van der Waals surface area contributed by atoms with Crippen molar-refractivity contribution in [2.24, 2.45) is 0 Å². The molecule has 1 N–H and O–H groups in total. The molecule has 0 saturated carbocycles. The first-order chi connectivity index (χ1) is 15.3. The molecule has 0 aliphatic rings. The predicted molar refractivity (Wildman–Crippen MR) is 122 cm³/mol. The lowest BCUT2D eigenvalue weighted by molar-refractivity contribution is 0.102. The van der Waals surface area contributed by atoms with E-state index in [0.29, 0.717) is 24.3 Å². The lowest BCUT2D eigenvalue weighted by Gasteiger charge is -2.09. The molecule has 2 heterocycles. The number of carbonyl (C=O) groups is 1. The van der Waals surface area contributed by atoms with E-state index in [-0.39, 0.29) is 11.7 Å². The van der Waals surface area contributed by atoms with Gasteiger partial charge in [0.05, 0.1) is 35.9 Å². The number of nitrogens with zero attached hydrogens (tertiary/aromatic N) is 4. The quantitative estimate of drug-likeness (QED) is 0.477. The number of aromatic nitrogens is 4. The SMILES string of the molecule is Cc1cc(C)n(Cc2ccc(C(=O)Nc3c(C)nn(Cc4ccc(F)cc4)c3C)cc2)n1. The van der Waals surface area contributed by atoms with Crippen LogP contribution in [0.5, 0.6) is 0 Å². The lowest BCUT2D eigenvalue weighted by Crippen LogP contribution is -2.13. The Morgan fingerprint density at radius 1 is 0.875 bits per heavy atom. The molecule has 1 amide bonds. The fraction of sp³-hybridized carbons (Fsp3) is 0.240. The van der Waals surface area contributed by atoms with Crippen LogP contribution < -0.4 is 5.32 Å². The molecular formula is C25H26FN5O. The van der Waals surface area contributed by atoms with Crippen molar-refractivity contribution in [1.82, 2.24) is 19.6 Å². The van der Waals surface area contributed by atoms with Gasteiger partial charge in [-0.15, -0.1) is 0 Å². The molecule has 4 aromatic rings. The molecule has 32 heavy (non-hydrogen) atoms. The van der Waals surface area contributed by atoms with Crippen molar-refractivity contribution >= 4 is 11.6 Å². The molecule has 0 unspecified atom stereocenters. The van der Waals surface area contributed by atoms with E-state index in [1.807, 2.05) is 67.4 Å². The molecule has 164 valence electrons. The molecule has 0 saturated heterocycles. The normalized spacial score (nSPS) is 11.0. The minimum Gasteiger partial charge on any atom is -0.319 e. The zero-order valence-corrected chi connectivity index (χ0v) is 18.7. The zero-order valence-electron chi connectivity index (χ0n) is 18.7. The third-order valence-corrected chi connectivity index (χ3v) is 5.52. The summed E-state index contributed by atoms with van der Waals surface area (Å²) in [6.45, 7) is 8.95. The van der Waals surface area contributed by atoms with Gasteiger partial charge in [0.1, 0.15) is 5.82 Å². The summed E-state index contributed by atoms with van der Waals surface area (Å²) in [5, 5.41) is 12.0. The van der Waals surface area contributed by atoms with Gasteiger partial charge >= 0.3 is 0 Å². The first-order valence-electron chi connectivity index (χ1n) is 10.5. The van der Waals surface area contributed by atoms with E-state index in [1.165, 1.54) is 12.1 Å². The van der Waals surface area contributed by atoms with Crippen LogP contribution in [-0.2, 0) is 13.1 Å². The Hall–Kier alpha value is -3.74. The Bertz CT molecular complexity index is 1250. The number of rotatable bonds is 6. The van der Waals surface area contributed by atoms with Gasteiger partial charge in [-0.05, 0) is 69.2 Å². The summed E-state index contributed by atoms with van der Waals surface area (Å²) in [5.41, 5.74) is 6.97. The largest absolute Gasteiger partial charge is 0.319 e. The summed E-state index contributed by atoms with van der Waals surface area (Å²) < 4.78 is 16.9. The highest BCUT2D eigenvalue weighted by Gasteiger charge is 2.16. The molecule has 6 nitrogen and oxygen atoms in total. The Labute approximate surface area is 186 Å². The number of hydrogen-bond acceptors (Lipinski definition) is 3. The molecule has 4 rings (SSSR count). The molecule has 0 radical (unpaired) electrons. The lowest BCUT2D eigenvalue weighted by atomic mass is 10.1. The standard InChI is InChI=1S/C25H26FN5O/c1-16-13-17(2)30(28-16)14-20-5-9-22(10-6-20)25(32)27-24-18(3)29-31(19(24)4)15-21-7-11-23(26)12-8-21/h5-13H,14-15H2,1-4H3,(H,27,32). The Morgan fingerprint density at radius 2 is 1.47 bits per heavy atom. The molecule has 0 spiro atoms. The van der Waals surface area contributed by atoms with E-state index in [0.717, 1.165) is 33.9 Å². The molecule has 2 aromatic carbocycles. The second kappa shape index (κ2) is 8.78. The van der Waals surface area contributed by atoms with E-state index >= 15 is 0 Å². The minimum atomic E-state index is -0.268. The Morgan fingerprint density at radius 3 is 2.06 bits per heavy atom. The summed E-state index contributed by atoms with van der Waals surface area (Å²) in [7, 11) is 0. The number of amides is 1. The van der Waals surface area contributed by atoms with Gasteiger partial charge in [0.15, 0.2) is 0 Å². The smallest absolute Gasteiger partial charge is 0.255 e. The summed E-state index contributed by atoms with van der Waals surface area (Å²) in [5.74, 6) is -0.453. The van der Waals surface area contributed by atoms with Crippen molar-refractivity contribution in [2.45, 2.75) is 40.8 Å². The fourth-order valence-electron chi connectivity index (χ4n) is 3.75. The van der Waals surface area contributed by atoms with Gasteiger partial charge in [0.2, 0.25) is 0 Å². The van der Waals surface area contributed by atoms with Gasteiger partial charge in [-0.2, -0.15) is 10.2 Å². The van der Waals surface area contributed by atoms with Gasteiger partial charge in [-0.25, -0.2) is 4.39 Å². The van der Waals surface area contributed by atoms with Crippen LogP contribution in [0.1, 0.15) is 44.3 Å². The van der Waals surface area contributed by atoms with Crippen LogP contribution in [0.2, 0.25) is 0 Å². The second-order valence-corrected chi connectivity index (χ2v) is 8.07. The molecular weight excluding hydrogens is 405 g/mol. The summed E-state index contributed by atoms with van der Waals surface area (Å²) in [6, 6.07) is 15.9. The Balaban J connectivity index is 1.46. The van der Waals surface area contributed by atoms with Crippen LogP contribution in [-0.4, -0.2) is 25.5 Å². The number of nitrogens with one attached hydrogen (secondary N) is 1. The molecule has 0 bridgehead atoms. The van der Waals surface area contributed by atoms with Gasteiger partial charge in [-0.1, -0.05) is 24.3 Å². The molecule has 2 aromatic heterocycles. The van der Waals surface area contributed by atoms with Crippen molar-refractivity contribution in [1.29, 1.82) is 0 Å². The van der Waals surface area contributed by atoms with Crippen molar-refractivity contribution < 1.29 is 9.18 Å². The van der Waals surface area contributed by atoms with Gasteiger partial charge < -0.3 is 5.32 Å². The maximum atomic E-state index is 13.2. The highest BCUT2D eigenvalue weighted by atomic mass is 19.1. The monoisotopic (exact) mass is 431 g/mol. The second-order valence-electron chi connectivity index (χ2n) is 8.07. The van der Waals surface area contributed by atoms with E-state index in [4.69, 9.17) is 0 Å². The predicted octanol–water partition coefficient (Wildman–Crippen LogP) is 4.80. The Kier molecular flexibility index (Phi) is 5.90. The third-order valence-electron chi connectivity index (χ3n) is 5.52. The zero-order chi connectivity index (χ0) is 22.8. The maximum Gasteiger partial charge on any atom is 0.255 e. The van der Waals surface area contributed by atoms with Gasteiger partial charge in [-0.3, -0.25) is 14.2 Å². The minimum absolute atomic E-state index is 0.185. The topological polar surface area (TPSA) is 64.7 Å². The molecule has 7 heteroatoms. The van der Waals surface area contributed by atoms with E-state index in [1.54, 1.807) is 12.1 Å². The van der Waals surface area contributed by atoms with Gasteiger partial charge in [0.25, 0.3) is 5.91 Å². The number of carbonyl (C=O) groups excluding carboxylic acids is 1. The average Bonchev–Trinajstić information content (AvgIpc) is 3.22.